The van der Waals surface area contributed by atoms with Gasteiger partial charge in [-0.2, -0.15) is 0 Å². The van der Waals surface area contributed by atoms with Crippen molar-refractivity contribution >= 4 is 17.5 Å². The highest BCUT2D eigenvalue weighted by Gasteiger charge is 2.17. The van der Waals surface area contributed by atoms with Crippen molar-refractivity contribution in [1.82, 2.24) is 10.2 Å². The lowest BCUT2D eigenvalue weighted by molar-refractivity contribution is 0.0942. The maximum atomic E-state index is 12.9. The summed E-state index contributed by atoms with van der Waals surface area (Å²) in [5.41, 5.74) is 2.59. The van der Waals surface area contributed by atoms with Gasteiger partial charge < -0.3 is 20.3 Å². The van der Waals surface area contributed by atoms with E-state index in [9.17, 15) is 9.59 Å². The number of para-hydroxylation sites is 1. The monoisotopic (exact) mass is 431 g/mol. The average Bonchev–Trinajstić information content (AvgIpc) is 2.82. The number of carbonyl (C=O) groups is 2. The Kier molecular flexibility index (Phi) is 8.00. The van der Waals surface area contributed by atoms with Crippen LogP contribution in [0, 0.1) is 0 Å². The molecule has 0 spiro atoms. The van der Waals surface area contributed by atoms with E-state index >= 15 is 0 Å². The molecule has 0 aromatic heterocycles. The Morgan fingerprint density at radius 3 is 2.19 bits per heavy atom. The molecule has 1 unspecified atom stereocenters. The maximum Gasteiger partial charge on any atom is 0.255 e. The number of hydrogen-bond donors (Lipinski definition) is 2. The number of nitrogens with one attached hydrogen (secondary N) is 2. The van der Waals surface area contributed by atoms with Crippen molar-refractivity contribution in [2.45, 2.75) is 12.5 Å². The Morgan fingerprint density at radius 1 is 0.875 bits per heavy atom. The van der Waals surface area contributed by atoms with Crippen LogP contribution in [0.3, 0.4) is 0 Å². The van der Waals surface area contributed by atoms with Gasteiger partial charge in [0.05, 0.1) is 18.4 Å². The van der Waals surface area contributed by atoms with E-state index in [0.717, 1.165) is 6.42 Å². The molecule has 32 heavy (non-hydrogen) atoms. The van der Waals surface area contributed by atoms with E-state index in [0.29, 0.717) is 29.1 Å². The largest absolute Gasteiger partial charge is 0.497 e. The van der Waals surface area contributed by atoms with Gasteiger partial charge in [0.25, 0.3) is 11.8 Å². The van der Waals surface area contributed by atoms with Gasteiger partial charge in [0.2, 0.25) is 0 Å². The molecule has 0 aliphatic rings. The molecule has 0 radical (unpaired) electrons. The first kappa shape index (κ1) is 23.0. The number of hydrogen-bond acceptors (Lipinski definition) is 4. The highest BCUT2D eigenvalue weighted by molar-refractivity contribution is 6.09. The lowest BCUT2D eigenvalue weighted by atomic mass is 10.0. The second-order valence-corrected chi connectivity index (χ2v) is 7.75. The number of rotatable bonds is 9. The highest BCUT2D eigenvalue weighted by atomic mass is 16.5. The van der Waals surface area contributed by atoms with Crippen molar-refractivity contribution in [2.75, 3.05) is 33.1 Å². The number of anilines is 1. The topological polar surface area (TPSA) is 70.7 Å². The summed E-state index contributed by atoms with van der Waals surface area (Å²) in [5.74, 6) is 0.158. The molecule has 166 valence electrons. The molecule has 3 rings (SSSR count). The van der Waals surface area contributed by atoms with E-state index < -0.39 is 0 Å². The molecule has 1 atom stereocenters. The van der Waals surface area contributed by atoms with Crippen molar-refractivity contribution in [3.63, 3.8) is 0 Å². The van der Waals surface area contributed by atoms with Gasteiger partial charge in [0.1, 0.15) is 5.75 Å². The minimum atomic E-state index is -0.289. The highest BCUT2D eigenvalue weighted by Crippen LogP contribution is 2.18. The van der Waals surface area contributed by atoms with Crippen LogP contribution in [0.5, 0.6) is 5.75 Å². The zero-order chi connectivity index (χ0) is 22.9. The second kappa shape index (κ2) is 11.1. The fraction of sp³-hybridized carbons (Fsp3) is 0.231. The van der Waals surface area contributed by atoms with Crippen LogP contribution in [0.15, 0.2) is 78.9 Å². The smallest absolute Gasteiger partial charge is 0.255 e. The first-order valence-corrected chi connectivity index (χ1v) is 10.5. The Morgan fingerprint density at radius 2 is 1.53 bits per heavy atom. The fourth-order valence-electron chi connectivity index (χ4n) is 3.36. The molecule has 6 heteroatoms. The van der Waals surface area contributed by atoms with E-state index in [1.165, 1.54) is 5.56 Å². The summed E-state index contributed by atoms with van der Waals surface area (Å²) in [4.78, 5) is 27.7. The van der Waals surface area contributed by atoms with E-state index in [2.05, 4.69) is 27.7 Å². The van der Waals surface area contributed by atoms with E-state index in [1.54, 1.807) is 55.6 Å². The van der Waals surface area contributed by atoms with Crippen LogP contribution < -0.4 is 15.4 Å². The van der Waals surface area contributed by atoms with Crippen LogP contribution in [0.2, 0.25) is 0 Å². The van der Waals surface area contributed by atoms with Crippen molar-refractivity contribution in [3.05, 3.63) is 95.6 Å². The molecule has 6 nitrogen and oxygen atoms in total. The number of ether oxygens (including phenoxy) is 1. The zero-order valence-electron chi connectivity index (χ0n) is 18.7. The van der Waals surface area contributed by atoms with Gasteiger partial charge in [0, 0.05) is 18.2 Å². The maximum absolute atomic E-state index is 12.9. The summed E-state index contributed by atoms with van der Waals surface area (Å²) < 4.78 is 5.13. The first-order valence-electron chi connectivity index (χ1n) is 10.5. The van der Waals surface area contributed by atoms with Crippen LogP contribution >= 0.6 is 0 Å². The molecule has 0 fully saturated rings. The number of carbonyl (C=O) groups excluding carboxylic acids is 2. The predicted molar refractivity (Wildman–Crippen MR) is 127 cm³/mol. The average molecular weight is 432 g/mol. The standard InChI is InChI=1S/C26H29N3O3/c1-29(2)21(17-19-9-5-4-6-10-19)18-27-26(31)23-11-7-8-12-24(23)28-25(30)20-13-15-22(32-3)16-14-20/h4-16,21H,17-18H2,1-3H3,(H,27,31)(H,28,30). The normalized spacial score (nSPS) is 11.6. The van der Waals surface area contributed by atoms with Crippen LogP contribution in [-0.2, 0) is 6.42 Å². The lowest BCUT2D eigenvalue weighted by Gasteiger charge is -2.25. The Hall–Kier alpha value is -3.64. The third kappa shape index (κ3) is 6.18. The molecular weight excluding hydrogens is 402 g/mol. The Bertz CT molecular complexity index is 1030. The molecule has 0 saturated carbocycles. The molecule has 0 bridgehead atoms. The van der Waals surface area contributed by atoms with Crippen molar-refractivity contribution in [2.24, 2.45) is 0 Å². The molecule has 0 saturated heterocycles. The summed E-state index contributed by atoms with van der Waals surface area (Å²) in [5, 5.41) is 5.87. The molecule has 0 heterocycles. The van der Waals surface area contributed by atoms with Crippen molar-refractivity contribution < 1.29 is 14.3 Å². The number of benzene rings is 3. The predicted octanol–water partition coefficient (Wildman–Crippen LogP) is 3.85. The number of amides is 2. The second-order valence-electron chi connectivity index (χ2n) is 7.75. The number of nitrogens with zero attached hydrogens (tertiary/aromatic N) is 1. The molecule has 0 aliphatic heterocycles. The first-order chi connectivity index (χ1) is 15.5. The summed E-state index contributed by atoms with van der Waals surface area (Å²) in [7, 11) is 5.58. The zero-order valence-corrected chi connectivity index (χ0v) is 18.7. The van der Waals surface area contributed by atoms with Gasteiger partial charge >= 0.3 is 0 Å². The SMILES string of the molecule is COc1ccc(C(=O)Nc2ccccc2C(=O)NCC(Cc2ccccc2)N(C)C)cc1. The van der Waals surface area contributed by atoms with Crippen LogP contribution in [0.25, 0.3) is 0 Å². The molecular formula is C26H29N3O3. The summed E-state index contributed by atoms with van der Waals surface area (Å²) in [6.07, 6.45) is 0.823. The van der Waals surface area contributed by atoms with E-state index in [-0.39, 0.29) is 17.9 Å². The minimum absolute atomic E-state index is 0.141. The van der Waals surface area contributed by atoms with Gasteiger partial charge in [0.15, 0.2) is 0 Å². The molecule has 3 aromatic carbocycles. The van der Waals surface area contributed by atoms with Gasteiger partial charge in [-0.25, -0.2) is 0 Å². The van der Waals surface area contributed by atoms with E-state index in [1.807, 2.05) is 32.3 Å². The Labute approximate surface area is 189 Å². The van der Waals surface area contributed by atoms with Gasteiger partial charge in [-0.15, -0.1) is 0 Å². The number of likely N-dealkylation sites (N-methyl/N-ethyl adjacent to an activating group) is 1. The summed E-state index contributed by atoms with van der Waals surface area (Å²) in [6.45, 7) is 0.488. The van der Waals surface area contributed by atoms with Crippen molar-refractivity contribution in [1.29, 1.82) is 0 Å². The van der Waals surface area contributed by atoms with Gasteiger partial charge in [-0.1, -0.05) is 42.5 Å². The Balaban J connectivity index is 1.67. The fourth-order valence-corrected chi connectivity index (χ4v) is 3.36. The summed E-state index contributed by atoms with van der Waals surface area (Å²) >= 11 is 0. The quantitative estimate of drug-likeness (QED) is 0.540. The minimum Gasteiger partial charge on any atom is -0.497 e. The van der Waals surface area contributed by atoms with Crippen LogP contribution in [0.4, 0.5) is 5.69 Å². The molecule has 2 amide bonds. The van der Waals surface area contributed by atoms with Gasteiger partial charge in [-0.3, -0.25) is 9.59 Å². The molecule has 2 N–H and O–H groups in total. The van der Waals surface area contributed by atoms with Crippen LogP contribution in [-0.4, -0.2) is 50.5 Å². The lowest BCUT2D eigenvalue weighted by Crippen LogP contribution is -2.41. The van der Waals surface area contributed by atoms with Gasteiger partial charge in [-0.05, 0) is 62.5 Å². The third-order valence-electron chi connectivity index (χ3n) is 5.31. The van der Waals surface area contributed by atoms with E-state index in [4.69, 9.17) is 4.74 Å². The third-order valence-corrected chi connectivity index (χ3v) is 5.31. The van der Waals surface area contributed by atoms with Crippen LogP contribution in [0.1, 0.15) is 26.3 Å². The molecule has 3 aromatic rings. The summed E-state index contributed by atoms with van der Waals surface area (Å²) in [6, 6.07) is 24.2. The molecule has 0 aliphatic carbocycles. The number of methoxy groups -OCH3 is 1. The van der Waals surface area contributed by atoms with Crippen molar-refractivity contribution in [3.8, 4) is 5.75 Å².